The number of carbonyl (C=O) groups excluding carboxylic acids is 1. The van der Waals surface area contributed by atoms with Crippen molar-refractivity contribution in [2.24, 2.45) is 0 Å². The lowest BCUT2D eigenvalue weighted by molar-refractivity contribution is -0.131. The Balaban J connectivity index is 1.31. The Morgan fingerprint density at radius 1 is 1.12 bits per heavy atom. The van der Waals surface area contributed by atoms with Gasteiger partial charge in [0.05, 0.1) is 10.2 Å². The van der Waals surface area contributed by atoms with Crippen LogP contribution in [0, 0.1) is 0 Å². The minimum absolute atomic E-state index is 0.253. The standard InChI is InChI=1S/C19H23N5OS/c25-18(8-3-12-24-13-4-9-20-24)22-10-5-11-23(15-14-22)19-21-16-6-1-2-7-17(16)26-19/h1-2,4,6-7,9,13H,3,5,8,10-12,14-15H2. The zero-order chi connectivity index (χ0) is 17.8. The maximum absolute atomic E-state index is 12.5. The van der Waals surface area contributed by atoms with E-state index in [-0.39, 0.29) is 5.91 Å². The highest BCUT2D eigenvalue weighted by molar-refractivity contribution is 7.22. The predicted octanol–water partition coefficient (Wildman–Crippen LogP) is 3.01. The summed E-state index contributed by atoms with van der Waals surface area (Å²) >= 11 is 1.74. The Morgan fingerprint density at radius 2 is 2.04 bits per heavy atom. The fraction of sp³-hybridized carbons (Fsp3) is 0.421. The monoisotopic (exact) mass is 369 g/mol. The fourth-order valence-electron chi connectivity index (χ4n) is 3.34. The second kappa shape index (κ2) is 7.86. The molecule has 3 aromatic rings. The normalized spacial score (nSPS) is 15.4. The second-order valence-corrected chi connectivity index (χ2v) is 7.57. The van der Waals surface area contributed by atoms with Crippen molar-refractivity contribution >= 4 is 32.6 Å². The first kappa shape index (κ1) is 17.0. The van der Waals surface area contributed by atoms with Crippen LogP contribution in [0.25, 0.3) is 10.2 Å². The van der Waals surface area contributed by atoms with E-state index in [2.05, 4.69) is 28.2 Å². The number of hydrogen-bond acceptors (Lipinski definition) is 5. The number of fused-ring (bicyclic) bond motifs is 1. The average Bonchev–Trinajstić information content (AvgIpc) is 3.25. The molecule has 0 aliphatic carbocycles. The first-order valence-corrected chi connectivity index (χ1v) is 9.97. The van der Waals surface area contributed by atoms with E-state index in [1.54, 1.807) is 17.5 Å². The number of thiazole rings is 1. The third kappa shape index (κ3) is 3.88. The summed E-state index contributed by atoms with van der Waals surface area (Å²) in [5, 5.41) is 5.25. The number of carbonyl (C=O) groups is 1. The molecule has 1 amide bonds. The summed E-state index contributed by atoms with van der Waals surface area (Å²) < 4.78 is 3.10. The minimum Gasteiger partial charge on any atom is -0.346 e. The van der Waals surface area contributed by atoms with Gasteiger partial charge in [0.25, 0.3) is 0 Å². The number of amides is 1. The Morgan fingerprint density at radius 3 is 2.88 bits per heavy atom. The molecule has 0 saturated carbocycles. The molecule has 1 aliphatic rings. The number of hydrogen-bond donors (Lipinski definition) is 0. The van der Waals surface area contributed by atoms with Crippen LogP contribution >= 0.6 is 11.3 Å². The van der Waals surface area contributed by atoms with Gasteiger partial charge in [-0.25, -0.2) is 4.98 Å². The van der Waals surface area contributed by atoms with Crippen molar-refractivity contribution in [2.45, 2.75) is 25.8 Å². The average molecular weight is 369 g/mol. The highest BCUT2D eigenvalue weighted by Gasteiger charge is 2.20. The molecule has 1 fully saturated rings. The van der Waals surface area contributed by atoms with Crippen LogP contribution in [0.4, 0.5) is 5.13 Å². The molecule has 0 unspecified atom stereocenters. The smallest absolute Gasteiger partial charge is 0.222 e. The van der Waals surface area contributed by atoms with E-state index < -0.39 is 0 Å². The highest BCUT2D eigenvalue weighted by atomic mass is 32.1. The van der Waals surface area contributed by atoms with E-state index in [1.165, 1.54) is 4.70 Å². The number of aryl methyl sites for hydroxylation is 1. The molecule has 2 aromatic heterocycles. The van der Waals surface area contributed by atoms with E-state index >= 15 is 0 Å². The summed E-state index contributed by atoms with van der Waals surface area (Å²) in [7, 11) is 0. The molecule has 6 nitrogen and oxygen atoms in total. The van der Waals surface area contributed by atoms with E-state index in [0.717, 1.165) is 56.2 Å². The second-order valence-electron chi connectivity index (χ2n) is 6.56. The third-order valence-electron chi connectivity index (χ3n) is 4.74. The van der Waals surface area contributed by atoms with Crippen molar-refractivity contribution in [3.05, 3.63) is 42.7 Å². The van der Waals surface area contributed by atoms with E-state index in [4.69, 9.17) is 4.98 Å². The van der Waals surface area contributed by atoms with Crippen molar-refractivity contribution in [1.82, 2.24) is 19.7 Å². The molecule has 136 valence electrons. The summed E-state index contributed by atoms with van der Waals surface area (Å²) in [5.41, 5.74) is 1.06. The van der Waals surface area contributed by atoms with Gasteiger partial charge >= 0.3 is 0 Å². The van der Waals surface area contributed by atoms with Crippen LogP contribution in [0.2, 0.25) is 0 Å². The first-order chi connectivity index (χ1) is 12.8. The molecule has 1 aromatic carbocycles. The Labute approximate surface area is 157 Å². The maximum Gasteiger partial charge on any atom is 0.222 e. The zero-order valence-corrected chi connectivity index (χ0v) is 15.6. The molecule has 0 atom stereocenters. The molecule has 4 rings (SSSR count). The molecule has 0 bridgehead atoms. The largest absolute Gasteiger partial charge is 0.346 e. The van der Waals surface area contributed by atoms with Gasteiger partial charge in [-0.3, -0.25) is 9.48 Å². The molecule has 26 heavy (non-hydrogen) atoms. The molecule has 7 heteroatoms. The van der Waals surface area contributed by atoms with Crippen molar-refractivity contribution in [1.29, 1.82) is 0 Å². The number of benzene rings is 1. The van der Waals surface area contributed by atoms with Crippen molar-refractivity contribution in [3.8, 4) is 0 Å². The van der Waals surface area contributed by atoms with Gasteiger partial charge in [0.15, 0.2) is 5.13 Å². The number of para-hydroxylation sites is 1. The first-order valence-electron chi connectivity index (χ1n) is 9.15. The van der Waals surface area contributed by atoms with Crippen molar-refractivity contribution in [3.63, 3.8) is 0 Å². The molecular formula is C19H23N5OS. The highest BCUT2D eigenvalue weighted by Crippen LogP contribution is 2.29. The SMILES string of the molecule is O=C(CCCn1cccn1)N1CCCN(c2nc3ccccc3s2)CC1. The van der Waals surface area contributed by atoms with Crippen molar-refractivity contribution < 1.29 is 4.79 Å². The summed E-state index contributed by atoms with van der Waals surface area (Å²) in [6, 6.07) is 10.2. The number of aromatic nitrogens is 3. The maximum atomic E-state index is 12.5. The van der Waals surface area contributed by atoms with Crippen molar-refractivity contribution in [2.75, 3.05) is 31.1 Å². The van der Waals surface area contributed by atoms with Gasteiger partial charge in [-0.15, -0.1) is 0 Å². The van der Waals surface area contributed by atoms with Gasteiger partial charge in [0, 0.05) is 51.5 Å². The molecule has 1 saturated heterocycles. The lowest BCUT2D eigenvalue weighted by Gasteiger charge is -2.21. The Bertz CT molecular complexity index is 827. The Kier molecular flexibility index (Phi) is 5.15. The number of rotatable bonds is 5. The van der Waals surface area contributed by atoms with Gasteiger partial charge in [-0.05, 0) is 31.0 Å². The van der Waals surface area contributed by atoms with Gasteiger partial charge in [0.1, 0.15) is 0 Å². The summed E-state index contributed by atoms with van der Waals surface area (Å²) in [6.45, 7) is 4.21. The zero-order valence-electron chi connectivity index (χ0n) is 14.8. The van der Waals surface area contributed by atoms with Gasteiger partial charge < -0.3 is 9.80 Å². The van der Waals surface area contributed by atoms with Crippen LogP contribution in [-0.4, -0.2) is 51.8 Å². The third-order valence-corrected chi connectivity index (χ3v) is 5.84. The van der Waals surface area contributed by atoms with Crippen LogP contribution in [0.5, 0.6) is 0 Å². The molecule has 1 aliphatic heterocycles. The number of nitrogens with zero attached hydrogens (tertiary/aromatic N) is 5. The fourth-order valence-corrected chi connectivity index (χ4v) is 4.35. The van der Waals surface area contributed by atoms with Gasteiger partial charge in [-0.1, -0.05) is 23.5 Å². The molecule has 3 heterocycles. The van der Waals surface area contributed by atoms with Crippen LogP contribution in [0.15, 0.2) is 42.7 Å². The van der Waals surface area contributed by atoms with Crippen LogP contribution in [0.1, 0.15) is 19.3 Å². The summed E-state index contributed by atoms with van der Waals surface area (Å²) in [4.78, 5) is 21.6. The molecule has 0 radical (unpaired) electrons. The van der Waals surface area contributed by atoms with E-state index in [0.29, 0.717) is 6.42 Å². The number of anilines is 1. The van der Waals surface area contributed by atoms with Gasteiger partial charge in [-0.2, -0.15) is 5.10 Å². The van der Waals surface area contributed by atoms with Crippen LogP contribution in [0.3, 0.4) is 0 Å². The Hall–Kier alpha value is -2.41. The van der Waals surface area contributed by atoms with Gasteiger partial charge in [0.2, 0.25) is 5.91 Å². The van der Waals surface area contributed by atoms with E-state index in [9.17, 15) is 4.79 Å². The van der Waals surface area contributed by atoms with Crippen LogP contribution in [-0.2, 0) is 11.3 Å². The lowest BCUT2D eigenvalue weighted by Crippen LogP contribution is -2.35. The molecular weight excluding hydrogens is 346 g/mol. The molecule has 0 spiro atoms. The van der Waals surface area contributed by atoms with E-state index in [1.807, 2.05) is 27.9 Å². The summed E-state index contributed by atoms with van der Waals surface area (Å²) in [6.07, 6.45) is 6.11. The van der Waals surface area contributed by atoms with Crippen LogP contribution < -0.4 is 4.90 Å². The summed E-state index contributed by atoms with van der Waals surface area (Å²) in [5.74, 6) is 0.253. The minimum atomic E-state index is 0.253. The predicted molar refractivity (Wildman–Crippen MR) is 104 cm³/mol. The lowest BCUT2D eigenvalue weighted by atomic mass is 10.2. The topological polar surface area (TPSA) is 54.3 Å². The molecule has 0 N–H and O–H groups in total. The quantitative estimate of drug-likeness (QED) is 0.694.